The van der Waals surface area contributed by atoms with E-state index in [-0.39, 0.29) is 5.41 Å². The molecule has 4 rings (SSSR count). The Bertz CT molecular complexity index is 725. The number of ether oxygens (including phenoxy) is 1. The van der Waals surface area contributed by atoms with Crippen molar-refractivity contribution in [2.45, 2.75) is 45.8 Å². The van der Waals surface area contributed by atoms with E-state index < -0.39 is 0 Å². The van der Waals surface area contributed by atoms with Crippen LogP contribution in [0.4, 0.5) is 0 Å². The van der Waals surface area contributed by atoms with Crippen molar-refractivity contribution >= 4 is 0 Å². The molecule has 2 aliphatic rings. The van der Waals surface area contributed by atoms with Gasteiger partial charge in [0.05, 0.1) is 31.1 Å². The molecular formula is C21H30N4O2. The van der Waals surface area contributed by atoms with Gasteiger partial charge in [-0.25, -0.2) is 0 Å². The van der Waals surface area contributed by atoms with Crippen molar-refractivity contribution in [1.82, 2.24) is 20.4 Å². The molecule has 3 heterocycles. The molecule has 0 amide bonds. The van der Waals surface area contributed by atoms with Crippen molar-refractivity contribution in [3.8, 4) is 0 Å². The van der Waals surface area contributed by atoms with Crippen LogP contribution in [0.1, 0.15) is 37.4 Å². The lowest BCUT2D eigenvalue weighted by Gasteiger charge is -2.52. The minimum atomic E-state index is 0.248. The summed E-state index contributed by atoms with van der Waals surface area (Å²) < 4.78 is 11.0. The third-order valence-electron chi connectivity index (χ3n) is 6.27. The topological polar surface area (TPSA) is 63.4 Å². The van der Waals surface area contributed by atoms with E-state index >= 15 is 0 Å². The number of nitrogens with one attached hydrogen (secondary N) is 1. The summed E-state index contributed by atoms with van der Waals surface area (Å²) in [6, 6.07) is 8.72. The summed E-state index contributed by atoms with van der Waals surface area (Å²) in [5, 5.41) is 8.00. The highest BCUT2D eigenvalue weighted by atomic mass is 16.5. The predicted molar refractivity (Wildman–Crippen MR) is 103 cm³/mol. The molecule has 6 nitrogen and oxygen atoms in total. The Kier molecular flexibility index (Phi) is 5.57. The van der Waals surface area contributed by atoms with Crippen molar-refractivity contribution < 1.29 is 9.26 Å². The average molecular weight is 370 g/mol. The molecule has 6 heteroatoms. The monoisotopic (exact) mass is 370 g/mol. The van der Waals surface area contributed by atoms with Crippen LogP contribution in [-0.2, 0) is 24.2 Å². The Labute approximate surface area is 161 Å². The number of nitrogens with zero attached hydrogens (tertiary/aromatic N) is 3. The normalized spacial score (nSPS) is 25.3. The van der Waals surface area contributed by atoms with Crippen LogP contribution in [0.15, 0.2) is 35.0 Å². The Morgan fingerprint density at radius 3 is 2.81 bits per heavy atom. The van der Waals surface area contributed by atoms with E-state index in [1.807, 2.05) is 18.3 Å². The maximum atomic E-state index is 5.58. The summed E-state index contributed by atoms with van der Waals surface area (Å²) in [7, 11) is 0. The molecule has 2 atom stereocenters. The van der Waals surface area contributed by atoms with E-state index in [2.05, 4.69) is 46.3 Å². The zero-order chi connectivity index (χ0) is 18.7. The van der Waals surface area contributed by atoms with E-state index in [0.717, 1.165) is 63.0 Å². The molecule has 2 fully saturated rings. The molecule has 0 spiro atoms. The number of hydrogen-bond donors (Lipinski definition) is 1. The molecule has 0 radical (unpaired) electrons. The molecule has 0 unspecified atom stereocenters. The molecule has 27 heavy (non-hydrogen) atoms. The first-order valence-electron chi connectivity index (χ1n) is 9.99. The lowest BCUT2D eigenvalue weighted by atomic mass is 9.57. The van der Waals surface area contributed by atoms with Crippen LogP contribution in [0.25, 0.3) is 0 Å². The minimum Gasteiger partial charge on any atom is -0.379 e. The third kappa shape index (κ3) is 4.39. The van der Waals surface area contributed by atoms with Crippen LogP contribution in [-0.4, -0.2) is 47.4 Å². The van der Waals surface area contributed by atoms with Crippen molar-refractivity contribution in [3.63, 3.8) is 0 Å². The van der Waals surface area contributed by atoms with Crippen molar-refractivity contribution in [1.29, 1.82) is 0 Å². The second-order valence-corrected chi connectivity index (χ2v) is 8.39. The number of hydrogen-bond acceptors (Lipinski definition) is 6. The van der Waals surface area contributed by atoms with E-state index in [4.69, 9.17) is 9.26 Å². The molecule has 1 N–H and O–H groups in total. The Hall–Kier alpha value is -1.76. The van der Waals surface area contributed by atoms with Crippen LogP contribution < -0.4 is 5.32 Å². The molecule has 2 aromatic rings. The van der Waals surface area contributed by atoms with Crippen LogP contribution in [0.3, 0.4) is 0 Å². The molecule has 2 aromatic heterocycles. The summed E-state index contributed by atoms with van der Waals surface area (Å²) in [6.07, 6.45) is 4.01. The second-order valence-electron chi connectivity index (χ2n) is 8.39. The smallest absolute Gasteiger partial charge is 0.150 e. The van der Waals surface area contributed by atoms with Gasteiger partial charge in [-0.05, 0) is 36.3 Å². The zero-order valence-corrected chi connectivity index (χ0v) is 16.4. The highest BCUT2D eigenvalue weighted by Crippen LogP contribution is 2.47. The maximum absolute atomic E-state index is 5.58. The quantitative estimate of drug-likeness (QED) is 0.808. The molecule has 1 aliphatic carbocycles. The molecule has 1 saturated carbocycles. The number of morpholine rings is 1. The summed E-state index contributed by atoms with van der Waals surface area (Å²) in [4.78, 5) is 6.76. The van der Waals surface area contributed by atoms with Gasteiger partial charge in [0, 0.05) is 37.9 Å². The maximum Gasteiger partial charge on any atom is 0.150 e. The van der Waals surface area contributed by atoms with Crippen LogP contribution in [0.2, 0.25) is 0 Å². The lowest BCUT2D eigenvalue weighted by molar-refractivity contribution is 0.0123. The molecule has 1 saturated heterocycles. The van der Waals surface area contributed by atoms with Crippen molar-refractivity contribution in [3.05, 3.63) is 47.6 Å². The van der Waals surface area contributed by atoms with E-state index in [1.165, 1.54) is 6.42 Å². The van der Waals surface area contributed by atoms with Gasteiger partial charge in [-0.1, -0.05) is 25.1 Å². The fourth-order valence-electron chi connectivity index (χ4n) is 4.20. The third-order valence-corrected chi connectivity index (χ3v) is 6.27. The number of rotatable bonds is 7. The second kappa shape index (κ2) is 8.09. The predicted octanol–water partition coefficient (Wildman–Crippen LogP) is 2.65. The van der Waals surface area contributed by atoms with E-state index in [9.17, 15) is 0 Å². The highest BCUT2D eigenvalue weighted by Gasteiger charge is 2.47. The fraction of sp³-hybridized carbons (Fsp3) is 0.619. The van der Waals surface area contributed by atoms with Crippen LogP contribution >= 0.6 is 0 Å². The molecule has 0 aromatic carbocycles. The van der Waals surface area contributed by atoms with Crippen LogP contribution in [0, 0.1) is 11.3 Å². The average Bonchev–Trinajstić information content (AvgIpc) is 3.13. The zero-order valence-electron chi connectivity index (χ0n) is 16.4. The van der Waals surface area contributed by atoms with E-state index in [1.54, 1.807) is 0 Å². The van der Waals surface area contributed by atoms with Gasteiger partial charge in [0.15, 0.2) is 5.76 Å². The Morgan fingerprint density at radius 2 is 2.07 bits per heavy atom. The van der Waals surface area contributed by atoms with Gasteiger partial charge < -0.3 is 14.6 Å². The Balaban J connectivity index is 1.26. The Morgan fingerprint density at radius 1 is 1.22 bits per heavy atom. The van der Waals surface area contributed by atoms with Gasteiger partial charge >= 0.3 is 0 Å². The van der Waals surface area contributed by atoms with Gasteiger partial charge in [-0.15, -0.1) is 0 Å². The SMILES string of the molecule is CC1(C)[C@H](Cc2cc(CN3CCOCC3)on2)C[C@@H]1NCc1ccccn1. The van der Waals surface area contributed by atoms with Gasteiger partial charge in [0.1, 0.15) is 0 Å². The molecule has 1 aliphatic heterocycles. The largest absolute Gasteiger partial charge is 0.379 e. The summed E-state index contributed by atoms with van der Waals surface area (Å²) in [6.45, 7) is 9.92. The highest BCUT2D eigenvalue weighted by molar-refractivity contribution is 5.12. The fourth-order valence-corrected chi connectivity index (χ4v) is 4.20. The summed E-state index contributed by atoms with van der Waals surface area (Å²) in [5.41, 5.74) is 2.43. The molecule has 146 valence electrons. The first-order chi connectivity index (χ1) is 13.1. The van der Waals surface area contributed by atoms with Gasteiger partial charge in [0.2, 0.25) is 0 Å². The number of aromatic nitrogens is 2. The van der Waals surface area contributed by atoms with Gasteiger partial charge in [-0.3, -0.25) is 9.88 Å². The summed E-state index contributed by atoms with van der Waals surface area (Å²) in [5.74, 6) is 1.59. The van der Waals surface area contributed by atoms with Gasteiger partial charge in [-0.2, -0.15) is 0 Å². The first kappa shape index (κ1) is 18.6. The van der Waals surface area contributed by atoms with E-state index in [0.29, 0.717) is 12.0 Å². The number of pyridine rings is 1. The van der Waals surface area contributed by atoms with Crippen molar-refractivity contribution in [2.75, 3.05) is 26.3 Å². The van der Waals surface area contributed by atoms with Gasteiger partial charge in [0.25, 0.3) is 0 Å². The van der Waals surface area contributed by atoms with Crippen LogP contribution in [0.5, 0.6) is 0 Å². The lowest BCUT2D eigenvalue weighted by Crippen LogP contribution is -2.57. The standard InChI is InChI=1S/C21H30N4O2/c1-21(2)16(12-20(21)23-14-17-5-3-4-6-22-17)11-18-13-19(27-24-18)15-25-7-9-26-10-8-25/h3-6,13,16,20,23H,7-12,14-15H2,1-2H3/t16-,20+/m1/s1. The molecule has 0 bridgehead atoms. The summed E-state index contributed by atoms with van der Waals surface area (Å²) >= 11 is 0. The van der Waals surface area contributed by atoms with Crippen molar-refractivity contribution in [2.24, 2.45) is 11.3 Å². The first-order valence-corrected chi connectivity index (χ1v) is 9.99. The minimum absolute atomic E-state index is 0.248. The molecular weight excluding hydrogens is 340 g/mol.